The summed E-state index contributed by atoms with van der Waals surface area (Å²) in [5, 5.41) is 36.5. The van der Waals surface area contributed by atoms with Crippen molar-refractivity contribution in [1.29, 1.82) is 0 Å². The normalized spacial score (nSPS) is 17.1. The predicted octanol–water partition coefficient (Wildman–Crippen LogP) is 7.51. The van der Waals surface area contributed by atoms with Crippen LogP contribution in [-0.2, 0) is 16.1 Å². The fourth-order valence-corrected chi connectivity index (χ4v) is 7.18. The molecular formula is C34H38O8. The summed E-state index contributed by atoms with van der Waals surface area (Å²) in [5.74, 6) is 1.70. The summed E-state index contributed by atoms with van der Waals surface area (Å²) >= 11 is 0. The SMILES string of the molecule is COc1c(O)c2c3c(c(-c4c(C)cc5c(C(C)C)c(CO)c(O)c6c5c4OC6OC)c(C)cc3c1C(C)C)OC2OC. The van der Waals surface area contributed by atoms with Gasteiger partial charge in [0.15, 0.2) is 11.5 Å². The van der Waals surface area contributed by atoms with Crippen LogP contribution in [0.3, 0.4) is 0 Å². The Balaban J connectivity index is 1.78. The van der Waals surface area contributed by atoms with Gasteiger partial charge in [0.2, 0.25) is 12.6 Å². The minimum Gasteiger partial charge on any atom is -0.507 e. The molecule has 6 rings (SSSR count). The van der Waals surface area contributed by atoms with E-state index in [-0.39, 0.29) is 29.9 Å². The maximum Gasteiger partial charge on any atom is 0.231 e. The highest BCUT2D eigenvalue weighted by molar-refractivity contribution is 6.09. The van der Waals surface area contributed by atoms with Crippen molar-refractivity contribution in [3.05, 3.63) is 51.1 Å². The van der Waals surface area contributed by atoms with Crippen LogP contribution in [0.1, 0.15) is 91.1 Å². The highest BCUT2D eigenvalue weighted by atomic mass is 16.7. The molecule has 0 fully saturated rings. The van der Waals surface area contributed by atoms with Crippen molar-refractivity contribution in [2.45, 2.75) is 72.6 Å². The number of aliphatic hydroxyl groups excluding tert-OH is 1. The molecule has 0 amide bonds. The first-order chi connectivity index (χ1) is 20.0. The summed E-state index contributed by atoms with van der Waals surface area (Å²) in [4.78, 5) is 0. The lowest BCUT2D eigenvalue weighted by Gasteiger charge is -2.22. The summed E-state index contributed by atoms with van der Waals surface area (Å²) in [5.41, 5.74) is 6.80. The highest BCUT2D eigenvalue weighted by Gasteiger charge is 2.40. The predicted molar refractivity (Wildman–Crippen MR) is 161 cm³/mol. The topological polar surface area (TPSA) is 107 Å². The second kappa shape index (κ2) is 9.93. The Labute approximate surface area is 245 Å². The van der Waals surface area contributed by atoms with E-state index in [4.69, 9.17) is 23.7 Å². The van der Waals surface area contributed by atoms with Crippen LogP contribution in [0.4, 0.5) is 0 Å². The van der Waals surface area contributed by atoms with Crippen LogP contribution in [0.5, 0.6) is 28.7 Å². The summed E-state index contributed by atoms with van der Waals surface area (Å²) in [7, 11) is 4.64. The van der Waals surface area contributed by atoms with Crippen molar-refractivity contribution in [3.63, 3.8) is 0 Å². The Bertz CT molecular complexity index is 1650. The van der Waals surface area contributed by atoms with Gasteiger partial charge in [-0.15, -0.1) is 0 Å². The number of aromatic hydroxyl groups is 2. The monoisotopic (exact) mass is 574 g/mol. The minimum absolute atomic E-state index is 0.00884. The molecule has 2 aliphatic heterocycles. The minimum atomic E-state index is -0.854. The van der Waals surface area contributed by atoms with E-state index in [9.17, 15) is 15.3 Å². The maximum atomic E-state index is 11.4. The average Bonchev–Trinajstić information content (AvgIpc) is 3.53. The first kappa shape index (κ1) is 28.4. The molecule has 2 aliphatic rings. The quantitative estimate of drug-likeness (QED) is 0.208. The van der Waals surface area contributed by atoms with E-state index in [1.54, 1.807) is 14.2 Å². The van der Waals surface area contributed by atoms with Gasteiger partial charge in [-0.25, -0.2) is 0 Å². The zero-order chi connectivity index (χ0) is 30.4. The van der Waals surface area contributed by atoms with Gasteiger partial charge in [-0.1, -0.05) is 39.8 Å². The molecule has 4 aromatic rings. The summed E-state index contributed by atoms with van der Waals surface area (Å²) < 4.78 is 30.2. The van der Waals surface area contributed by atoms with Gasteiger partial charge in [-0.3, -0.25) is 0 Å². The zero-order valence-electron chi connectivity index (χ0n) is 25.6. The van der Waals surface area contributed by atoms with Crippen molar-refractivity contribution < 1.29 is 39.0 Å². The van der Waals surface area contributed by atoms with E-state index in [1.807, 2.05) is 27.7 Å². The molecule has 0 spiro atoms. The molecule has 4 aromatic carbocycles. The van der Waals surface area contributed by atoms with Crippen LogP contribution in [0.15, 0.2) is 12.1 Å². The third kappa shape index (κ3) is 3.58. The molecule has 8 heteroatoms. The molecule has 2 unspecified atom stereocenters. The number of hydrogen-bond acceptors (Lipinski definition) is 8. The fraction of sp³-hybridized carbons (Fsp3) is 0.412. The molecule has 2 atom stereocenters. The van der Waals surface area contributed by atoms with Crippen LogP contribution in [0.2, 0.25) is 0 Å². The largest absolute Gasteiger partial charge is 0.507 e. The highest BCUT2D eigenvalue weighted by Crippen LogP contribution is 2.61. The van der Waals surface area contributed by atoms with Crippen LogP contribution >= 0.6 is 0 Å². The number of aliphatic hydroxyl groups is 1. The Morgan fingerprint density at radius 2 is 1.19 bits per heavy atom. The second-order valence-corrected chi connectivity index (χ2v) is 11.8. The molecule has 0 saturated carbocycles. The van der Waals surface area contributed by atoms with Gasteiger partial charge in [0.25, 0.3) is 0 Å². The van der Waals surface area contributed by atoms with Gasteiger partial charge in [-0.2, -0.15) is 0 Å². The smallest absolute Gasteiger partial charge is 0.231 e. The summed E-state index contributed by atoms with van der Waals surface area (Å²) in [6.07, 6.45) is -1.69. The number of benzene rings is 4. The van der Waals surface area contributed by atoms with Gasteiger partial charge < -0.3 is 39.0 Å². The van der Waals surface area contributed by atoms with Gasteiger partial charge in [-0.05, 0) is 53.1 Å². The molecule has 8 nitrogen and oxygen atoms in total. The fourth-order valence-electron chi connectivity index (χ4n) is 7.18. The number of phenols is 2. The summed E-state index contributed by atoms with van der Waals surface area (Å²) in [6.45, 7) is 12.0. The standard InChI is InChI=1S/C34H38O8/c1-13(2)20-17-10-15(5)22(30-24(17)26(33(39-8)41-30)28(36)19(20)12-35)23-16(6)11-18-21(14(3)4)32(38-7)29(37)27-25(18)31(23)42-34(27)40-9/h10-11,13-14,33-37H,12H2,1-9H3. The lowest BCUT2D eigenvalue weighted by Crippen LogP contribution is -2.07. The average molecular weight is 575 g/mol. The van der Waals surface area contributed by atoms with Crippen molar-refractivity contribution in [2.75, 3.05) is 21.3 Å². The van der Waals surface area contributed by atoms with Crippen LogP contribution in [-0.4, -0.2) is 36.6 Å². The van der Waals surface area contributed by atoms with E-state index in [0.717, 1.165) is 54.9 Å². The summed E-state index contributed by atoms with van der Waals surface area (Å²) in [6, 6.07) is 4.21. The Hall–Kier alpha value is -3.72. The van der Waals surface area contributed by atoms with Gasteiger partial charge in [0.1, 0.15) is 17.2 Å². The van der Waals surface area contributed by atoms with E-state index >= 15 is 0 Å². The number of phenolic OH excluding ortho intramolecular Hbond substituents is 1. The molecule has 0 radical (unpaired) electrons. The first-order valence-corrected chi connectivity index (χ1v) is 14.3. The van der Waals surface area contributed by atoms with E-state index in [2.05, 4.69) is 26.0 Å². The Kier molecular flexibility index (Phi) is 6.72. The van der Waals surface area contributed by atoms with E-state index in [0.29, 0.717) is 33.9 Å². The van der Waals surface area contributed by atoms with E-state index in [1.165, 1.54) is 7.11 Å². The third-order valence-electron chi connectivity index (χ3n) is 8.77. The number of methoxy groups -OCH3 is 3. The van der Waals surface area contributed by atoms with Crippen molar-refractivity contribution >= 4 is 21.5 Å². The third-order valence-corrected chi connectivity index (χ3v) is 8.77. The Morgan fingerprint density at radius 1 is 0.738 bits per heavy atom. The first-order valence-electron chi connectivity index (χ1n) is 14.3. The lowest BCUT2D eigenvalue weighted by atomic mass is 9.83. The maximum absolute atomic E-state index is 11.4. The van der Waals surface area contributed by atoms with Gasteiger partial charge >= 0.3 is 0 Å². The molecular weight excluding hydrogens is 536 g/mol. The molecule has 3 N–H and O–H groups in total. The number of rotatable bonds is 7. The van der Waals surface area contributed by atoms with Crippen LogP contribution in [0, 0.1) is 13.8 Å². The van der Waals surface area contributed by atoms with Crippen molar-refractivity contribution in [1.82, 2.24) is 0 Å². The van der Waals surface area contributed by atoms with Crippen LogP contribution in [0.25, 0.3) is 32.7 Å². The van der Waals surface area contributed by atoms with Crippen molar-refractivity contribution in [2.24, 2.45) is 0 Å². The zero-order valence-corrected chi connectivity index (χ0v) is 25.6. The van der Waals surface area contributed by atoms with Crippen LogP contribution < -0.4 is 14.2 Å². The number of ether oxygens (including phenoxy) is 5. The Morgan fingerprint density at radius 3 is 1.60 bits per heavy atom. The molecule has 222 valence electrons. The molecule has 2 heterocycles. The second-order valence-electron chi connectivity index (χ2n) is 11.8. The lowest BCUT2D eigenvalue weighted by molar-refractivity contribution is -0.0492. The number of hydrogen-bond donors (Lipinski definition) is 3. The molecule has 0 saturated heterocycles. The molecule has 0 bridgehead atoms. The van der Waals surface area contributed by atoms with Gasteiger partial charge in [0, 0.05) is 47.2 Å². The number of aryl methyl sites for hydroxylation is 2. The molecule has 0 aliphatic carbocycles. The molecule has 0 aromatic heterocycles. The van der Waals surface area contributed by atoms with Crippen molar-refractivity contribution in [3.8, 4) is 39.9 Å². The van der Waals surface area contributed by atoms with E-state index < -0.39 is 12.6 Å². The van der Waals surface area contributed by atoms with Gasteiger partial charge in [0.05, 0.1) is 24.8 Å². The molecule has 42 heavy (non-hydrogen) atoms.